The summed E-state index contributed by atoms with van der Waals surface area (Å²) in [7, 11) is 1.68. The minimum absolute atomic E-state index is 0.159. The Labute approximate surface area is 118 Å². The van der Waals surface area contributed by atoms with Crippen molar-refractivity contribution in [2.24, 2.45) is 0 Å². The monoisotopic (exact) mass is 279 g/mol. The van der Waals surface area contributed by atoms with Crippen LogP contribution in [0.4, 0.5) is 0 Å². The molecule has 1 amide bonds. The lowest BCUT2D eigenvalue weighted by atomic mass is 9.93. The molecule has 1 heterocycles. The van der Waals surface area contributed by atoms with E-state index in [1.54, 1.807) is 26.1 Å². The number of aryl methyl sites for hydroxylation is 1. The Bertz CT molecular complexity index is 495. The molecule has 0 unspecified atom stereocenters. The Morgan fingerprint density at radius 3 is 2.65 bits per heavy atom. The van der Waals surface area contributed by atoms with E-state index in [0.717, 1.165) is 0 Å². The van der Waals surface area contributed by atoms with Crippen LogP contribution in [-0.4, -0.2) is 53.4 Å². The van der Waals surface area contributed by atoms with E-state index in [2.05, 4.69) is 0 Å². The Morgan fingerprint density at radius 1 is 1.40 bits per heavy atom. The summed E-state index contributed by atoms with van der Waals surface area (Å²) < 4.78 is 5.23. The molecule has 0 aromatic heterocycles. The first-order valence-corrected chi connectivity index (χ1v) is 6.76. The topological polar surface area (TPSA) is 70.0 Å². The van der Waals surface area contributed by atoms with Gasteiger partial charge in [-0.15, -0.1) is 0 Å². The number of nitrogens with zero attached hydrogens (tertiary/aromatic N) is 1. The molecular weight excluding hydrogens is 258 g/mol. The van der Waals surface area contributed by atoms with Gasteiger partial charge in [-0.1, -0.05) is 0 Å². The van der Waals surface area contributed by atoms with E-state index >= 15 is 0 Å². The molecule has 110 valence electrons. The van der Waals surface area contributed by atoms with Gasteiger partial charge in [-0.2, -0.15) is 0 Å². The second kappa shape index (κ2) is 5.81. The summed E-state index contributed by atoms with van der Waals surface area (Å²) in [5.41, 5.74) is 0.307. The SMILES string of the molecule is Cc1cc(C(=O)N(C)CC2(O)CCOCC2)ccc1O. The summed E-state index contributed by atoms with van der Waals surface area (Å²) in [6.45, 7) is 3.08. The third kappa shape index (κ3) is 3.29. The molecule has 0 saturated carbocycles. The maximum absolute atomic E-state index is 12.3. The van der Waals surface area contributed by atoms with Crippen molar-refractivity contribution in [3.05, 3.63) is 29.3 Å². The molecule has 1 aromatic rings. The van der Waals surface area contributed by atoms with Gasteiger partial charge in [0.15, 0.2) is 0 Å². The maximum Gasteiger partial charge on any atom is 0.253 e. The summed E-state index contributed by atoms with van der Waals surface area (Å²) >= 11 is 0. The van der Waals surface area contributed by atoms with Gasteiger partial charge in [0.1, 0.15) is 5.75 Å². The smallest absolute Gasteiger partial charge is 0.253 e. The van der Waals surface area contributed by atoms with Crippen LogP contribution in [0, 0.1) is 6.92 Å². The molecule has 1 saturated heterocycles. The summed E-state index contributed by atoms with van der Waals surface area (Å²) in [5, 5.41) is 19.9. The number of phenols is 1. The minimum Gasteiger partial charge on any atom is -0.508 e. The first kappa shape index (κ1) is 14.8. The van der Waals surface area contributed by atoms with Crippen LogP contribution in [0.25, 0.3) is 0 Å². The molecule has 5 heteroatoms. The Kier molecular flexibility index (Phi) is 4.30. The molecule has 5 nitrogen and oxygen atoms in total. The minimum atomic E-state index is -0.866. The summed E-state index contributed by atoms with van der Waals surface area (Å²) in [6.07, 6.45) is 1.08. The van der Waals surface area contributed by atoms with Gasteiger partial charge in [0.25, 0.3) is 5.91 Å². The molecule has 1 fully saturated rings. The van der Waals surface area contributed by atoms with E-state index < -0.39 is 5.60 Å². The summed E-state index contributed by atoms with van der Waals surface area (Å²) in [4.78, 5) is 13.9. The highest BCUT2D eigenvalue weighted by molar-refractivity contribution is 5.94. The summed E-state index contributed by atoms with van der Waals surface area (Å²) in [6, 6.07) is 4.76. The first-order valence-electron chi connectivity index (χ1n) is 6.76. The highest BCUT2D eigenvalue weighted by Crippen LogP contribution is 2.23. The van der Waals surface area contributed by atoms with E-state index in [0.29, 0.717) is 37.2 Å². The Balaban J connectivity index is 2.06. The number of aliphatic hydroxyl groups is 1. The van der Waals surface area contributed by atoms with Gasteiger partial charge in [0.05, 0.1) is 5.60 Å². The zero-order chi connectivity index (χ0) is 14.8. The second-order valence-electron chi connectivity index (χ2n) is 5.50. The highest BCUT2D eigenvalue weighted by Gasteiger charge is 2.32. The van der Waals surface area contributed by atoms with E-state index in [1.807, 2.05) is 0 Å². The lowest BCUT2D eigenvalue weighted by molar-refractivity contribution is -0.0734. The Morgan fingerprint density at radius 2 is 2.05 bits per heavy atom. The molecule has 0 radical (unpaired) electrons. The van der Waals surface area contributed by atoms with Crippen LogP contribution in [-0.2, 0) is 4.74 Å². The van der Waals surface area contributed by atoms with Gasteiger partial charge in [-0.3, -0.25) is 4.79 Å². The van der Waals surface area contributed by atoms with Gasteiger partial charge in [0, 0.05) is 45.2 Å². The van der Waals surface area contributed by atoms with Crippen molar-refractivity contribution >= 4 is 5.91 Å². The van der Waals surface area contributed by atoms with Crippen LogP contribution in [0.1, 0.15) is 28.8 Å². The van der Waals surface area contributed by atoms with Crippen LogP contribution >= 0.6 is 0 Å². The number of benzene rings is 1. The normalized spacial score (nSPS) is 17.8. The van der Waals surface area contributed by atoms with Crippen LogP contribution in [0.2, 0.25) is 0 Å². The number of likely N-dealkylation sites (N-methyl/N-ethyl adjacent to an activating group) is 1. The number of phenolic OH excluding ortho intramolecular Hbond substituents is 1. The lowest BCUT2D eigenvalue weighted by Gasteiger charge is -2.35. The predicted octanol–water partition coefficient (Wildman–Crippen LogP) is 1.31. The molecule has 20 heavy (non-hydrogen) atoms. The fourth-order valence-corrected chi connectivity index (χ4v) is 2.43. The number of amides is 1. The standard InChI is InChI=1S/C15H21NO4/c1-11-9-12(3-4-13(11)17)14(18)16(2)10-15(19)5-7-20-8-6-15/h3-4,9,17,19H,5-8,10H2,1-2H3. The molecule has 2 N–H and O–H groups in total. The van der Waals surface area contributed by atoms with E-state index in [4.69, 9.17) is 4.74 Å². The average Bonchev–Trinajstić information content (AvgIpc) is 2.41. The largest absolute Gasteiger partial charge is 0.508 e. The fourth-order valence-electron chi connectivity index (χ4n) is 2.43. The lowest BCUT2D eigenvalue weighted by Crippen LogP contribution is -2.47. The van der Waals surface area contributed by atoms with E-state index in [-0.39, 0.29) is 18.2 Å². The second-order valence-corrected chi connectivity index (χ2v) is 5.50. The quantitative estimate of drug-likeness (QED) is 0.875. The number of rotatable bonds is 3. The fraction of sp³-hybridized carbons (Fsp3) is 0.533. The number of hydrogen-bond donors (Lipinski definition) is 2. The van der Waals surface area contributed by atoms with E-state index in [9.17, 15) is 15.0 Å². The number of ether oxygens (including phenoxy) is 1. The first-order chi connectivity index (χ1) is 9.41. The molecule has 0 aliphatic carbocycles. The molecule has 0 bridgehead atoms. The van der Waals surface area contributed by atoms with Crippen molar-refractivity contribution < 1.29 is 19.7 Å². The molecule has 1 aromatic carbocycles. The van der Waals surface area contributed by atoms with Crippen LogP contribution < -0.4 is 0 Å². The third-order valence-corrected chi connectivity index (χ3v) is 3.75. The number of aromatic hydroxyl groups is 1. The van der Waals surface area contributed by atoms with Crippen molar-refractivity contribution in [1.29, 1.82) is 0 Å². The van der Waals surface area contributed by atoms with Crippen molar-refractivity contribution in [2.75, 3.05) is 26.8 Å². The van der Waals surface area contributed by atoms with Crippen molar-refractivity contribution in [1.82, 2.24) is 4.90 Å². The maximum atomic E-state index is 12.3. The predicted molar refractivity (Wildman–Crippen MR) is 74.8 cm³/mol. The molecule has 1 aliphatic heterocycles. The molecule has 0 atom stereocenters. The van der Waals surface area contributed by atoms with Crippen LogP contribution in [0.3, 0.4) is 0 Å². The van der Waals surface area contributed by atoms with Crippen molar-refractivity contribution in [3.63, 3.8) is 0 Å². The van der Waals surface area contributed by atoms with Gasteiger partial charge < -0.3 is 19.8 Å². The third-order valence-electron chi connectivity index (χ3n) is 3.75. The zero-order valence-corrected chi connectivity index (χ0v) is 11.9. The number of carbonyl (C=O) groups is 1. The van der Waals surface area contributed by atoms with Gasteiger partial charge in [-0.25, -0.2) is 0 Å². The zero-order valence-electron chi connectivity index (χ0n) is 11.9. The van der Waals surface area contributed by atoms with Crippen molar-refractivity contribution in [3.8, 4) is 5.75 Å². The van der Waals surface area contributed by atoms with Crippen molar-refractivity contribution in [2.45, 2.75) is 25.4 Å². The molecule has 1 aliphatic rings. The molecule has 2 rings (SSSR count). The summed E-state index contributed by atoms with van der Waals surface area (Å²) in [5.74, 6) is 0.0141. The van der Waals surface area contributed by atoms with Crippen LogP contribution in [0.5, 0.6) is 5.75 Å². The Hall–Kier alpha value is -1.59. The van der Waals surface area contributed by atoms with Crippen LogP contribution in [0.15, 0.2) is 18.2 Å². The van der Waals surface area contributed by atoms with Gasteiger partial charge in [0.2, 0.25) is 0 Å². The highest BCUT2D eigenvalue weighted by atomic mass is 16.5. The number of carbonyl (C=O) groups excluding carboxylic acids is 1. The molecule has 0 spiro atoms. The molecular formula is C15H21NO4. The van der Waals surface area contributed by atoms with Gasteiger partial charge >= 0.3 is 0 Å². The van der Waals surface area contributed by atoms with Gasteiger partial charge in [-0.05, 0) is 30.7 Å². The average molecular weight is 279 g/mol. The number of hydrogen-bond acceptors (Lipinski definition) is 4. The van der Waals surface area contributed by atoms with E-state index in [1.165, 1.54) is 11.0 Å².